The maximum Gasteiger partial charge on any atom is 0.416 e. The number of benzene rings is 2. The Hall–Kier alpha value is -3.95. The van der Waals surface area contributed by atoms with E-state index in [4.69, 9.17) is 10.00 Å². The van der Waals surface area contributed by atoms with E-state index < -0.39 is 17.6 Å². The first-order valence-corrected chi connectivity index (χ1v) is 15.6. The van der Waals surface area contributed by atoms with Gasteiger partial charge in [0.05, 0.1) is 36.3 Å². The van der Waals surface area contributed by atoms with E-state index in [0.717, 1.165) is 37.1 Å². The van der Waals surface area contributed by atoms with Crippen molar-refractivity contribution in [3.63, 3.8) is 0 Å². The van der Waals surface area contributed by atoms with Crippen LogP contribution in [-0.4, -0.2) is 68.9 Å². The van der Waals surface area contributed by atoms with Gasteiger partial charge in [-0.15, -0.1) is 10.2 Å². The van der Waals surface area contributed by atoms with Crippen LogP contribution in [0.25, 0.3) is 0 Å². The van der Waals surface area contributed by atoms with Crippen LogP contribution in [-0.2, 0) is 36.5 Å². The van der Waals surface area contributed by atoms with Crippen LogP contribution in [0, 0.1) is 17.4 Å². The number of alkyl halides is 3. The molecule has 3 aliphatic heterocycles. The quantitative estimate of drug-likeness (QED) is 0.349. The number of aromatic nitrogens is 3. The van der Waals surface area contributed by atoms with Crippen molar-refractivity contribution in [2.24, 2.45) is 13.0 Å². The zero-order valence-corrected chi connectivity index (χ0v) is 25.4. The van der Waals surface area contributed by atoms with E-state index in [1.165, 1.54) is 11.0 Å². The Bertz CT molecular complexity index is 1660. The van der Waals surface area contributed by atoms with Crippen molar-refractivity contribution in [2.75, 3.05) is 31.1 Å². The minimum Gasteiger partial charge on any atom is -0.372 e. The lowest BCUT2D eigenvalue weighted by molar-refractivity contribution is -0.138. The van der Waals surface area contributed by atoms with Crippen LogP contribution in [0.1, 0.15) is 71.0 Å². The van der Waals surface area contributed by atoms with Gasteiger partial charge in [0.15, 0.2) is 6.19 Å². The summed E-state index contributed by atoms with van der Waals surface area (Å²) in [6.45, 7) is 4.89. The molecule has 1 amide bonds. The summed E-state index contributed by atoms with van der Waals surface area (Å²) in [6.07, 6.45) is 2.52. The predicted molar refractivity (Wildman–Crippen MR) is 159 cm³/mol. The normalized spacial score (nSPS) is 26.8. The molecular formula is C33H36F3N7O2. The Morgan fingerprint density at radius 2 is 1.89 bits per heavy atom. The van der Waals surface area contributed by atoms with Crippen molar-refractivity contribution in [3.05, 3.63) is 76.4 Å². The number of fused-ring (bicyclic) bond motifs is 1. The maximum absolute atomic E-state index is 14.4. The van der Waals surface area contributed by atoms with Crippen molar-refractivity contribution in [1.29, 1.82) is 5.26 Å². The molecule has 0 unspecified atom stereocenters. The van der Waals surface area contributed by atoms with Crippen LogP contribution in [0.2, 0.25) is 0 Å². The molecule has 0 radical (unpaired) electrons. The summed E-state index contributed by atoms with van der Waals surface area (Å²) in [7, 11) is 1.91. The fourth-order valence-electron chi connectivity index (χ4n) is 7.90. The fraction of sp³-hybridized carbons (Fsp3) is 0.515. The second-order valence-electron chi connectivity index (χ2n) is 13.2. The van der Waals surface area contributed by atoms with Gasteiger partial charge in [-0.1, -0.05) is 19.1 Å². The highest BCUT2D eigenvalue weighted by Crippen LogP contribution is 2.52. The molecule has 2 atom stereocenters. The summed E-state index contributed by atoms with van der Waals surface area (Å²) in [5.41, 5.74) is 1.05. The number of aryl methyl sites for hydroxylation is 1. The Morgan fingerprint density at radius 3 is 2.58 bits per heavy atom. The summed E-state index contributed by atoms with van der Waals surface area (Å²) in [5, 5.41) is 17.6. The maximum atomic E-state index is 14.4. The van der Waals surface area contributed by atoms with Gasteiger partial charge in [-0.25, -0.2) is 0 Å². The van der Waals surface area contributed by atoms with Crippen LogP contribution in [0.4, 0.5) is 18.9 Å². The smallest absolute Gasteiger partial charge is 0.372 e. The molecule has 4 aliphatic rings. The van der Waals surface area contributed by atoms with E-state index in [1.54, 1.807) is 23.4 Å². The van der Waals surface area contributed by atoms with E-state index in [1.807, 2.05) is 29.8 Å². The third-order valence-corrected chi connectivity index (χ3v) is 9.96. The lowest BCUT2D eigenvalue weighted by atomic mass is 9.58. The topological polar surface area (TPSA) is 90.5 Å². The van der Waals surface area contributed by atoms with Gasteiger partial charge < -0.3 is 19.1 Å². The molecule has 0 N–H and O–H groups in total. The summed E-state index contributed by atoms with van der Waals surface area (Å²) >= 11 is 0. The third kappa shape index (κ3) is 5.36. The fourth-order valence-corrected chi connectivity index (χ4v) is 7.90. The highest BCUT2D eigenvalue weighted by molar-refractivity contribution is 6.10. The van der Waals surface area contributed by atoms with Gasteiger partial charge in [0.2, 0.25) is 0 Å². The number of amides is 1. The van der Waals surface area contributed by atoms with E-state index in [2.05, 4.69) is 28.2 Å². The number of nitrogens with zero attached hydrogens (tertiary/aromatic N) is 7. The van der Waals surface area contributed by atoms with Gasteiger partial charge in [-0.2, -0.15) is 18.4 Å². The van der Waals surface area contributed by atoms with Crippen LogP contribution in [0.15, 0.2) is 42.7 Å². The molecule has 7 rings (SSSR count). The van der Waals surface area contributed by atoms with Gasteiger partial charge in [-0.3, -0.25) is 9.69 Å². The first-order chi connectivity index (χ1) is 21.5. The molecule has 3 aromatic rings. The van der Waals surface area contributed by atoms with Crippen LogP contribution in [0.5, 0.6) is 0 Å². The summed E-state index contributed by atoms with van der Waals surface area (Å²) in [4.78, 5) is 19.0. The summed E-state index contributed by atoms with van der Waals surface area (Å²) in [5.74, 6) is 0.916. The average Bonchev–Trinajstić information content (AvgIpc) is 3.79. The number of likely N-dealkylation sites (tertiary alicyclic amines) is 2. The molecule has 9 nitrogen and oxygen atoms in total. The van der Waals surface area contributed by atoms with Crippen molar-refractivity contribution in [1.82, 2.24) is 24.6 Å². The van der Waals surface area contributed by atoms with E-state index in [0.29, 0.717) is 49.9 Å². The molecule has 2 saturated heterocycles. The molecule has 0 spiro atoms. The standard InChI is InChI=1S/C33H36F3N7O2/c1-21-13-32(14-21,31-39-38-20-40(31)2)23-4-3-5-24(12-23)43-18-28-27(30(43)44)10-22(11-29(28)33(34,35)36)15-41-8-6-25(16-41)45-26-7-9-42(17-26)19-37/h3-5,10-12,20-21,25-26H,6-9,13-18H2,1-2H3/t21?,25-,26+,32?/m1/s1. The van der Waals surface area contributed by atoms with E-state index in [-0.39, 0.29) is 35.3 Å². The zero-order chi connectivity index (χ0) is 31.5. The number of hydrogen-bond donors (Lipinski definition) is 0. The lowest BCUT2D eigenvalue weighted by Crippen LogP contribution is -2.43. The van der Waals surface area contributed by atoms with Gasteiger partial charge in [0.25, 0.3) is 5.91 Å². The van der Waals surface area contributed by atoms with Gasteiger partial charge in [-0.05, 0) is 72.6 Å². The molecule has 1 aliphatic carbocycles. The second-order valence-corrected chi connectivity index (χ2v) is 13.2. The lowest BCUT2D eigenvalue weighted by Gasteiger charge is -2.46. The zero-order valence-electron chi connectivity index (χ0n) is 25.4. The number of hydrogen-bond acceptors (Lipinski definition) is 7. The Labute approximate surface area is 260 Å². The molecule has 45 heavy (non-hydrogen) atoms. The minimum atomic E-state index is -4.60. The van der Waals surface area contributed by atoms with Gasteiger partial charge in [0.1, 0.15) is 12.2 Å². The molecule has 2 aromatic carbocycles. The van der Waals surface area contributed by atoms with E-state index >= 15 is 0 Å². The van der Waals surface area contributed by atoms with Crippen molar-refractivity contribution in [3.8, 4) is 6.19 Å². The first-order valence-electron chi connectivity index (χ1n) is 15.6. The SMILES string of the molecule is CC1CC(c2cccc(N3Cc4c(cc(CN5CC[C@@H](O[C@H]6CCN(C#N)C6)C5)cc4C(F)(F)F)C3=O)c2)(c2nncn2C)C1. The molecule has 4 heterocycles. The molecule has 0 bridgehead atoms. The van der Waals surface area contributed by atoms with E-state index in [9.17, 15) is 18.0 Å². The Kier molecular flexibility index (Phi) is 7.36. The second kappa shape index (κ2) is 11.1. The third-order valence-electron chi connectivity index (χ3n) is 9.96. The molecule has 1 saturated carbocycles. The molecule has 236 valence electrons. The number of carbonyl (C=O) groups is 1. The summed E-state index contributed by atoms with van der Waals surface area (Å²) < 4.78 is 51.4. The number of carbonyl (C=O) groups excluding carboxylic acids is 1. The monoisotopic (exact) mass is 619 g/mol. The molecule has 12 heteroatoms. The van der Waals surface area contributed by atoms with Crippen LogP contribution < -0.4 is 4.90 Å². The number of halogens is 3. The van der Waals surface area contributed by atoms with Crippen molar-refractivity contribution < 1.29 is 22.7 Å². The van der Waals surface area contributed by atoms with Crippen LogP contribution >= 0.6 is 0 Å². The minimum absolute atomic E-state index is 0.00324. The molecule has 3 fully saturated rings. The molecule has 1 aromatic heterocycles. The summed E-state index contributed by atoms with van der Waals surface area (Å²) in [6, 6.07) is 10.5. The van der Waals surface area contributed by atoms with Crippen LogP contribution in [0.3, 0.4) is 0 Å². The first kappa shape index (κ1) is 29.7. The van der Waals surface area contributed by atoms with Gasteiger partial charge >= 0.3 is 6.18 Å². The highest BCUT2D eigenvalue weighted by atomic mass is 19.4. The Balaban J connectivity index is 1.12. The van der Waals surface area contributed by atoms with Crippen molar-refractivity contribution >= 4 is 11.6 Å². The Morgan fingerprint density at radius 1 is 1.11 bits per heavy atom. The number of nitriles is 1. The average molecular weight is 620 g/mol. The number of rotatable bonds is 7. The van der Waals surface area contributed by atoms with Gasteiger partial charge in [0, 0.05) is 44.5 Å². The number of anilines is 1. The molecular weight excluding hydrogens is 583 g/mol. The highest BCUT2D eigenvalue weighted by Gasteiger charge is 2.48. The largest absolute Gasteiger partial charge is 0.416 e. The number of ether oxygens (including phenoxy) is 1. The predicted octanol–water partition coefficient (Wildman–Crippen LogP) is 4.86. The van der Waals surface area contributed by atoms with Crippen molar-refractivity contribution in [2.45, 2.75) is 69.5 Å².